The number of hydrogen-bond donors (Lipinski definition) is 1. The first-order valence-electron chi connectivity index (χ1n) is 7.00. The maximum atomic E-state index is 5.95. The topological polar surface area (TPSA) is 60.1 Å². The van der Waals surface area contributed by atoms with Crippen molar-refractivity contribution in [3.8, 4) is 11.5 Å². The van der Waals surface area contributed by atoms with Crippen LogP contribution < -0.4 is 15.2 Å². The van der Waals surface area contributed by atoms with Crippen molar-refractivity contribution in [3.05, 3.63) is 23.8 Å². The van der Waals surface area contributed by atoms with Crippen LogP contribution in [0.4, 0.5) is 0 Å². The van der Waals surface area contributed by atoms with Gasteiger partial charge in [0.1, 0.15) is 0 Å². The Morgan fingerprint density at radius 3 is 2.45 bits per heavy atom. The summed E-state index contributed by atoms with van der Waals surface area (Å²) in [6.45, 7) is 8.94. The number of ether oxygens (including phenoxy) is 2. The molecule has 0 aliphatic heterocycles. The Balaban J connectivity index is 2.80. The van der Waals surface area contributed by atoms with Crippen molar-refractivity contribution in [2.45, 2.75) is 27.3 Å². The van der Waals surface area contributed by atoms with Gasteiger partial charge in [-0.1, -0.05) is 6.07 Å². The van der Waals surface area contributed by atoms with Gasteiger partial charge in [-0.2, -0.15) is 0 Å². The van der Waals surface area contributed by atoms with E-state index < -0.39 is 0 Å². The summed E-state index contributed by atoms with van der Waals surface area (Å²) in [5.41, 5.74) is 7.00. The van der Waals surface area contributed by atoms with Crippen LogP contribution >= 0.6 is 0 Å². The number of methoxy groups -OCH3 is 1. The van der Waals surface area contributed by atoms with Gasteiger partial charge in [-0.15, -0.1) is 0 Å². The van der Waals surface area contributed by atoms with Crippen molar-refractivity contribution in [2.75, 3.05) is 26.8 Å². The second kappa shape index (κ2) is 8.30. The zero-order chi connectivity index (χ0) is 15.0. The summed E-state index contributed by atoms with van der Waals surface area (Å²) in [6.07, 6.45) is 0. The Hall–Kier alpha value is -1.91. The summed E-state index contributed by atoms with van der Waals surface area (Å²) in [7, 11) is 1.63. The predicted molar refractivity (Wildman–Crippen MR) is 82.4 cm³/mol. The highest BCUT2D eigenvalue weighted by Crippen LogP contribution is 2.28. The molecule has 0 fully saturated rings. The zero-order valence-corrected chi connectivity index (χ0v) is 12.8. The smallest absolute Gasteiger partial charge is 0.191 e. The van der Waals surface area contributed by atoms with E-state index in [4.69, 9.17) is 15.2 Å². The molecule has 0 radical (unpaired) electrons. The number of aliphatic imine (C=N–C) groups is 1. The minimum atomic E-state index is 0.533. The predicted octanol–water partition coefficient (Wildman–Crippen LogP) is 2.25. The molecule has 1 aromatic rings. The molecule has 0 bridgehead atoms. The molecule has 20 heavy (non-hydrogen) atoms. The van der Waals surface area contributed by atoms with Gasteiger partial charge in [0, 0.05) is 13.1 Å². The van der Waals surface area contributed by atoms with Crippen LogP contribution in [0.5, 0.6) is 11.5 Å². The second-order valence-electron chi connectivity index (χ2n) is 4.26. The molecule has 0 aromatic heterocycles. The van der Waals surface area contributed by atoms with Gasteiger partial charge in [0.2, 0.25) is 0 Å². The van der Waals surface area contributed by atoms with E-state index in [0.29, 0.717) is 19.1 Å². The Labute approximate surface area is 121 Å². The van der Waals surface area contributed by atoms with Crippen LogP contribution in [0.3, 0.4) is 0 Å². The van der Waals surface area contributed by atoms with E-state index in [1.54, 1.807) is 7.11 Å². The summed E-state index contributed by atoms with van der Waals surface area (Å²) in [4.78, 5) is 6.43. The standard InChI is InChI=1S/C15H25N3O2/c1-5-18(6-2)15(16)17-11-12-8-9-13(20-7-3)14(10-12)19-4/h8-10H,5-7,11H2,1-4H3,(H2,16,17). The first-order chi connectivity index (χ1) is 9.65. The molecule has 0 heterocycles. The number of benzene rings is 1. The van der Waals surface area contributed by atoms with E-state index in [2.05, 4.69) is 18.8 Å². The van der Waals surface area contributed by atoms with Crippen molar-refractivity contribution in [2.24, 2.45) is 10.7 Å². The van der Waals surface area contributed by atoms with Crippen molar-refractivity contribution in [1.29, 1.82) is 0 Å². The van der Waals surface area contributed by atoms with Gasteiger partial charge in [-0.25, -0.2) is 4.99 Å². The van der Waals surface area contributed by atoms with Crippen LogP contribution in [0.15, 0.2) is 23.2 Å². The van der Waals surface area contributed by atoms with Crippen molar-refractivity contribution in [3.63, 3.8) is 0 Å². The van der Waals surface area contributed by atoms with E-state index in [9.17, 15) is 0 Å². The molecule has 1 aromatic carbocycles. The number of rotatable bonds is 7. The third-order valence-corrected chi connectivity index (χ3v) is 3.04. The Kier molecular flexibility index (Phi) is 6.70. The first kappa shape index (κ1) is 16.1. The van der Waals surface area contributed by atoms with Gasteiger partial charge in [0.05, 0.1) is 20.3 Å². The molecule has 0 amide bonds. The lowest BCUT2D eigenvalue weighted by atomic mass is 10.2. The van der Waals surface area contributed by atoms with Crippen LogP contribution in [0, 0.1) is 0 Å². The minimum Gasteiger partial charge on any atom is -0.493 e. The normalized spacial score (nSPS) is 11.3. The molecule has 0 saturated carbocycles. The minimum absolute atomic E-state index is 0.533. The van der Waals surface area contributed by atoms with Gasteiger partial charge in [-0.3, -0.25) is 0 Å². The van der Waals surface area contributed by atoms with Crippen molar-refractivity contribution < 1.29 is 9.47 Å². The molecule has 5 nitrogen and oxygen atoms in total. The Bertz CT molecular complexity index is 443. The fourth-order valence-corrected chi connectivity index (χ4v) is 1.90. The molecule has 0 unspecified atom stereocenters. The van der Waals surface area contributed by atoms with Crippen LogP contribution in [0.25, 0.3) is 0 Å². The molecule has 0 spiro atoms. The lowest BCUT2D eigenvalue weighted by Gasteiger charge is -2.19. The number of guanidine groups is 1. The van der Waals surface area contributed by atoms with Crippen molar-refractivity contribution in [1.82, 2.24) is 4.90 Å². The zero-order valence-electron chi connectivity index (χ0n) is 12.8. The van der Waals surface area contributed by atoms with E-state index in [0.717, 1.165) is 30.2 Å². The fourth-order valence-electron chi connectivity index (χ4n) is 1.90. The SMILES string of the molecule is CCOc1ccc(CN=C(N)N(CC)CC)cc1OC. The summed E-state index contributed by atoms with van der Waals surface area (Å²) in [5, 5.41) is 0. The molecule has 1 rings (SSSR count). The first-order valence-corrected chi connectivity index (χ1v) is 7.00. The quantitative estimate of drug-likeness (QED) is 0.614. The van der Waals surface area contributed by atoms with E-state index >= 15 is 0 Å². The number of nitrogens with two attached hydrogens (primary N) is 1. The number of hydrogen-bond acceptors (Lipinski definition) is 3. The highest BCUT2D eigenvalue weighted by Gasteiger charge is 2.06. The van der Waals surface area contributed by atoms with E-state index in [1.165, 1.54) is 0 Å². The molecular formula is C15H25N3O2. The highest BCUT2D eigenvalue weighted by atomic mass is 16.5. The average molecular weight is 279 g/mol. The maximum Gasteiger partial charge on any atom is 0.191 e. The van der Waals surface area contributed by atoms with Crippen LogP contribution in [0.2, 0.25) is 0 Å². The molecule has 2 N–H and O–H groups in total. The van der Waals surface area contributed by atoms with Gasteiger partial charge >= 0.3 is 0 Å². The molecule has 112 valence electrons. The molecular weight excluding hydrogens is 254 g/mol. The van der Waals surface area contributed by atoms with Gasteiger partial charge in [-0.05, 0) is 38.5 Å². The molecule has 0 aliphatic rings. The van der Waals surface area contributed by atoms with Gasteiger partial charge < -0.3 is 20.1 Å². The van der Waals surface area contributed by atoms with Gasteiger partial charge in [0.15, 0.2) is 17.5 Å². The average Bonchev–Trinajstić information content (AvgIpc) is 2.47. The van der Waals surface area contributed by atoms with Crippen molar-refractivity contribution >= 4 is 5.96 Å². The maximum absolute atomic E-state index is 5.95. The summed E-state index contributed by atoms with van der Waals surface area (Å²) in [6, 6.07) is 5.82. The molecule has 0 atom stereocenters. The van der Waals surface area contributed by atoms with E-state index in [1.807, 2.05) is 30.0 Å². The monoisotopic (exact) mass is 279 g/mol. The molecule has 0 saturated heterocycles. The number of nitrogens with zero attached hydrogens (tertiary/aromatic N) is 2. The largest absolute Gasteiger partial charge is 0.493 e. The lowest BCUT2D eigenvalue weighted by Crippen LogP contribution is -2.37. The van der Waals surface area contributed by atoms with E-state index in [-0.39, 0.29) is 0 Å². The second-order valence-corrected chi connectivity index (χ2v) is 4.26. The Morgan fingerprint density at radius 2 is 1.90 bits per heavy atom. The summed E-state index contributed by atoms with van der Waals surface area (Å²) >= 11 is 0. The molecule has 5 heteroatoms. The van der Waals surface area contributed by atoms with Crippen LogP contribution in [-0.4, -0.2) is 37.7 Å². The summed E-state index contributed by atoms with van der Waals surface area (Å²) in [5.74, 6) is 2.04. The summed E-state index contributed by atoms with van der Waals surface area (Å²) < 4.78 is 10.8. The third kappa shape index (κ3) is 4.33. The third-order valence-electron chi connectivity index (χ3n) is 3.04. The highest BCUT2D eigenvalue weighted by molar-refractivity contribution is 5.78. The van der Waals surface area contributed by atoms with Gasteiger partial charge in [0.25, 0.3) is 0 Å². The van der Waals surface area contributed by atoms with Crippen LogP contribution in [-0.2, 0) is 6.54 Å². The molecule has 0 aliphatic carbocycles. The Morgan fingerprint density at radius 1 is 1.20 bits per heavy atom. The fraction of sp³-hybridized carbons (Fsp3) is 0.533. The lowest BCUT2D eigenvalue weighted by molar-refractivity contribution is 0.310. The van der Waals surface area contributed by atoms with Crippen LogP contribution in [0.1, 0.15) is 26.3 Å².